The van der Waals surface area contributed by atoms with Gasteiger partial charge >= 0.3 is 18.2 Å². The summed E-state index contributed by atoms with van der Waals surface area (Å²) in [6.45, 7) is 10.6. The zero-order valence-corrected chi connectivity index (χ0v) is 50.5. The van der Waals surface area contributed by atoms with Crippen LogP contribution < -0.4 is 48.3 Å². The molecule has 5 aromatic rings. The van der Waals surface area contributed by atoms with Crippen LogP contribution in [0.25, 0.3) is 17.2 Å². The van der Waals surface area contributed by atoms with E-state index in [1.807, 2.05) is 85.5 Å². The summed E-state index contributed by atoms with van der Waals surface area (Å²) in [5.41, 5.74) is 18.7. The van der Waals surface area contributed by atoms with Crippen LogP contribution in [-0.2, 0) is 41.7 Å². The van der Waals surface area contributed by atoms with Gasteiger partial charge in [-0.25, -0.2) is 24.4 Å². The number of nitrogens with one attached hydrogen (secondary N) is 6. The predicted molar refractivity (Wildman–Crippen MR) is 334 cm³/mol. The van der Waals surface area contributed by atoms with Gasteiger partial charge in [0.2, 0.25) is 23.6 Å². The highest BCUT2D eigenvalue weighted by molar-refractivity contribution is 7.15. The third kappa shape index (κ3) is 17.5. The molecule has 0 bridgehead atoms. The number of alkyl carbamates (subject to hydrolysis) is 2. The van der Waals surface area contributed by atoms with Crippen LogP contribution >= 0.6 is 11.3 Å². The van der Waals surface area contributed by atoms with E-state index in [1.54, 1.807) is 50.4 Å². The number of amides is 8. The maximum absolute atomic E-state index is 13.8. The highest BCUT2D eigenvalue weighted by Crippen LogP contribution is 2.44. The van der Waals surface area contributed by atoms with Crippen molar-refractivity contribution in [3.05, 3.63) is 135 Å². The third-order valence-corrected chi connectivity index (χ3v) is 16.4. The maximum Gasteiger partial charge on any atom is 0.407 e. The van der Waals surface area contributed by atoms with E-state index in [1.165, 1.54) is 11.3 Å². The Labute approximate surface area is 510 Å². The number of pyridine rings is 1. The van der Waals surface area contributed by atoms with Crippen LogP contribution in [0.3, 0.4) is 0 Å². The number of carbonyl (C=O) groups excluding carboxylic acids is 8. The first-order valence-electron chi connectivity index (χ1n) is 29.7. The summed E-state index contributed by atoms with van der Waals surface area (Å²) in [4.78, 5) is 119. The fourth-order valence-corrected chi connectivity index (χ4v) is 11.8. The minimum absolute atomic E-state index is 0.0535. The van der Waals surface area contributed by atoms with E-state index >= 15 is 0 Å². The van der Waals surface area contributed by atoms with Gasteiger partial charge in [0.1, 0.15) is 37.0 Å². The molecule has 2 atom stereocenters. The molecule has 0 radical (unpaired) electrons. The van der Waals surface area contributed by atoms with Crippen molar-refractivity contribution in [2.75, 3.05) is 62.6 Å². The molecule has 0 unspecified atom stereocenters. The lowest BCUT2D eigenvalue weighted by Gasteiger charge is -2.32. The average molecular weight is 1210 g/mol. The van der Waals surface area contributed by atoms with E-state index in [0.29, 0.717) is 78.7 Å². The Balaban J connectivity index is 0.728. The van der Waals surface area contributed by atoms with Crippen molar-refractivity contribution in [2.24, 2.45) is 28.3 Å². The first-order valence-corrected chi connectivity index (χ1v) is 30.5. The molecule has 3 aromatic carbocycles. The smallest absolute Gasteiger partial charge is 0.407 e. The average Bonchev–Trinajstić information content (AvgIpc) is 1.79. The van der Waals surface area contributed by atoms with Gasteiger partial charge in [0.25, 0.3) is 0 Å². The standard InChI is InChI=1S/C64H78N12O10S/c1-5-28-76(29-6-2)61(81)43-33-53-51(72-55(65)34-43)35-54(87-53)52(77)32-41-19-22-56(70-36-41)75-30-23-42(24-31-75)58(78)67-26-27-69-63(83)85-37-40-17-20-44(21-18-40)71-59(79)50(16-11-25-68-62(66)82)73-60(80)57(39(3)4)74-64(84)86-38-49-47-14-9-7-12-45(47)46-13-8-10-15-48(46)49/h7-10,12-15,17-22,33,35-36,39,42,49-50,57H,5-6,11,16,23-32,34,37-38H2,1-4H3,(H2,65,72)(H,67,78)(H,69,83)(H,71,79)(H,73,80)(H,74,84)(H3,66,68,82)/t50-,57-/m0/s1. The van der Waals surface area contributed by atoms with E-state index in [9.17, 15) is 38.4 Å². The van der Waals surface area contributed by atoms with Crippen molar-refractivity contribution in [1.29, 1.82) is 0 Å². The number of piperidine rings is 1. The molecule has 87 heavy (non-hydrogen) atoms. The molecule has 0 spiro atoms. The minimum Gasteiger partial charge on any atom is -0.449 e. The number of fused-ring (bicyclic) bond motifs is 4. The molecular weight excluding hydrogens is 1130 g/mol. The topological polar surface area (TPSA) is 311 Å². The molecule has 1 saturated heterocycles. The number of nitrogens with zero attached hydrogens (tertiary/aromatic N) is 4. The lowest BCUT2D eigenvalue weighted by atomic mass is 9.96. The van der Waals surface area contributed by atoms with Gasteiger partial charge in [0.05, 0.1) is 15.4 Å². The van der Waals surface area contributed by atoms with E-state index in [4.69, 9.17) is 20.9 Å². The van der Waals surface area contributed by atoms with Crippen LogP contribution in [0.1, 0.15) is 115 Å². The lowest BCUT2D eigenvalue weighted by molar-refractivity contribution is -0.128. The van der Waals surface area contributed by atoms with Crippen molar-refractivity contribution in [3.63, 3.8) is 0 Å². The van der Waals surface area contributed by atoms with E-state index in [0.717, 1.165) is 51.4 Å². The number of benzene rings is 3. The molecule has 2 aliphatic heterocycles. The Morgan fingerprint density at radius 2 is 1.44 bits per heavy atom. The summed E-state index contributed by atoms with van der Waals surface area (Å²) < 4.78 is 11.1. The number of carbonyl (C=O) groups is 8. The molecule has 1 aliphatic carbocycles. The van der Waals surface area contributed by atoms with E-state index in [-0.39, 0.29) is 87.5 Å². The molecule has 3 aliphatic rings. The second-order valence-corrected chi connectivity index (χ2v) is 23.2. The zero-order valence-electron chi connectivity index (χ0n) is 49.7. The van der Waals surface area contributed by atoms with Crippen molar-refractivity contribution >= 4 is 88.1 Å². The number of nitrogens with two attached hydrogens (primary N) is 2. The van der Waals surface area contributed by atoms with E-state index < -0.39 is 42.1 Å². The zero-order chi connectivity index (χ0) is 62.0. The number of aromatic nitrogens is 1. The van der Waals surface area contributed by atoms with Gasteiger partial charge in [-0.1, -0.05) is 94.4 Å². The van der Waals surface area contributed by atoms with Crippen molar-refractivity contribution in [3.8, 4) is 11.1 Å². The fraction of sp³-hybridized carbons (Fsp3) is 0.406. The molecule has 1 fully saturated rings. The monoisotopic (exact) mass is 1210 g/mol. The van der Waals surface area contributed by atoms with Gasteiger partial charge < -0.3 is 62.6 Å². The predicted octanol–water partition coefficient (Wildman–Crippen LogP) is 7.69. The van der Waals surface area contributed by atoms with Crippen molar-refractivity contribution in [1.82, 2.24) is 36.5 Å². The molecule has 2 aromatic heterocycles. The molecule has 0 saturated carbocycles. The number of rotatable bonds is 27. The number of primary amides is 1. The van der Waals surface area contributed by atoms with Crippen LogP contribution in [0.4, 0.5) is 31.6 Å². The Kier molecular flexibility index (Phi) is 22.6. The van der Waals surface area contributed by atoms with Crippen LogP contribution in [0.15, 0.2) is 108 Å². The molecule has 10 N–H and O–H groups in total. The molecule has 460 valence electrons. The summed E-state index contributed by atoms with van der Waals surface area (Å²) >= 11 is 1.30. The van der Waals surface area contributed by atoms with Crippen LogP contribution in [0.5, 0.6) is 0 Å². The first-order chi connectivity index (χ1) is 42.0. The number of amidine groups is 1. The lowest BCUT2D eigenvalue weighted by Crippen LogP contribution is -2.54. The third-order valence-electron chi connectivity index (χ3n) is 15.3. The first kappa shape index (κ1) is 63.9. The second kappa shape index (κ2) is 30.8. The van der Waals surface area contributed by atoms with Gasteiger partial charge in [-0.3, -0.25) is 24.0 Å². The maximum atomic E-state index is 13.8. The number of hydrogen-bond donors (Lipinski definition) is 8. The Morgan fingerprint density at radius 1 is 0.770 bits per heavy atom. The van der Waals surface area contributed by atoms with E-state index in [2.05, 4.69) is 46.8 Å². The molecule has 4 heterocycles. The normalized spacial score (nSPS) is 14.3. The number of thiophene rings is 1. The molecule has 8 rings (SSSR count). The Bertz CT molecular complexity index is 3290. The van der Waals surface area contributed by atoms with Gasteiger partial charge in [0, 0.05) is 87.9 Å². The summed E-state index contributed by atoms with van der Waals surface area (Å²) in [5.74, 6) is -1.10. The number of Topliss-reactive ketones (excluding diaryl/α,β-unsaturated/α-hetero) is 1. The Hall–Kier alpha value is -9.12. The second-order valence-electron chi connectivity index (χ2n) is 22.2. The highest BCUT2D eigenvalue weighted by Gasteiger charge is 2.33. The molecular formula is C64H78N12O10S. The van der Waals surface area contributed by atoms with Gasteiger partial charge in [-0.15, -0.1) is 11.3 Å². The highest BCUT2D eigenvalue weighted by atomic mass is 32.1. The number of anilines is 2. The van der Waals surface area contributed by atoms with Crippen LogP contribution in [-0.4, -0.2) is 128 Å². The molecule has 8 amide bonds. The van der Waals surface area contributed by atoms with Gasteiger partial charge in [-0.05, 0) is 108 Å². The van der Waals surface area contributed by atoms with Crippen molar-refractivity contribution < 1.29 is 47.8 Å². The number of hydrogen-bond acceptors (Lipinski definition) is 15. The number of urea groups is 1. The van der Waals surface area contributed by atoms with Crippen molar-refractivity contribution in [2.45, 2.75) is 104 Å². The molecule has 23 heteroatoms. The quantitative estimate of drug-likeness (QED) is 0.0185. The number of ketones is 1. The summed E-state index contributed by atoms with van der Waals surface area (Å²) in [7, 11) is 0. The Morgan fingerprint density at radius 3 is 2.08 bits per heavy atom. The number of ether oxygens (including phenoxy) is 2. The minimum atomic E-state index is -1.07. The van der Waals surface area contributed by atoms with Gasteiger partial charge in [0.15, 0.2) is 5.78 Å². The number of aliphatic imine (C=N–C) groups is 1. The fourth-order valence-electron chi connectivity index (χ4n) is 10.8. The summed E-state index contributed by atoms with van der Waals surface area (Å²) in [5, 5.41) is 16.3. The molecule has 22 nitrogen and oxygen atoms in total. The van der Waals surface area contributed by atoms with Crippen LogP contribution in [0.2, 0.25) is 0 Å². The van der Waals surface area contributed by atoms with Crippen LogP contribution in [0, 0.1) is 11.8 Å². The van der Waals surface area contributed by atoms with Gasteiger partial charge in [-0.2, -0.15) is 0 Å². The summed E-state index contributed by atoms with van der Waals surface area (Å²) in [6, 6.07) is 25.2. The largest absolute Gasteiger partial charge is 0.449 e. The SMILES string of the molecule is CCCN(CCC)C(=O)C1=Cc2sc(C(=O)Cc3ccc(N4CCC(C(=O)NCCNC(=O)OCc5ccc(NC(=O)[C@H](CCCNC(N)=O)NC(=O)[C@@H](NC(=O)OCC6c7ccccc7-c7ccccc76)C(C)C)cc5)CC4)nc3)cc2N=C(N)C1. The summed E-state index contributed by atoms with van der Waals surface area (Å²) in [6.07, 6.45) is 5.78.